The van der Waals surface area contributed by atoms with Crippen molar-refractivity contribution in [2.24, 2.45) is 5.73 Å². The number of rotatable bonds is 8. The predicted octanol–water partition coefficient (Wildman–Crippen LogP) is -1.40. The van der Waals surface area contributed by atoms with Crippen molar-refractivity contribution < 1.29 is 25.5 Å². The van der Waals surface area contributed by atoms with Gasteiger partial charge in [0.15, 0.2) is 0 Å². The van der Waals surface area contributed by atoms with Gasteiger partial charge in [-0.25, -0.2) is 0 Å². The van der Waals surface area contributed by atoms with Gasteiger partial charge >= 0.3 is 5.97 Å². The third-order valence-electron chi connectivity index (χ3n) is 2.27. The fraction of sp³-hybridized carbons (Fsp3) is 1.00. The molecule has 0 aromatic carbocycles. The van der Waals surface area contributed by atoms with Gasteiger partial charge < -0.3 is 31.3 Å². The molecule has 0 aromatic heterocycles. The Kier molecular flexibility index (Phi) is 6.26. The summed E-state index contributed by atoms with van der Waals surface area (Å²) in [4.78, 5) is 0. The largest absolute Gasteiger partial charge is 0.359 e. The third kappa shape index (κ3) is 6.03. The zero-order valence-corrected chi connectivity index (χ0v) is 8.76. The zero-order chi connectivity index (χ0) is 11.9. The molecule has 0 aliphatic rings. The maximum absolute atomic E-state index is 9.04. The van der Waals surface area contributed by atoms with Gasteiger partial charge in [0.2, 0.25) is 5.79 Å². The smallest absolute Gasteiger partial charge is 0.332 e. The zero-order valence-electron chi connectivity index (χ0n) is 8.76. The molecule has 7 N–H and O–H groups in total. The van der Waals surface area contributed by atoms with Crippen molar-refractivity contribution in [3.63, 3.8) is 0 Å². The Morgan fingerprint density at radius 1 is 0.733 bits per heavy atom. The van der Waals surface area contributed by atoms with Crippen LogP contribution in [-0.2, 0) is 0 Å². The van der Waals surface area contributed by atoms with Gasteiger partial charge in [0.1, 0.15) is 0 Å². The molecule has 0 saturated carbocycles. The molecule has 0 radical (unpaired) electrons. The molecule has 0 aromatic rings. The average Bonchev–Trinajstić information content (AvgIpc) is 2.09. The standard InChI is InChI=1S/C9H21NO5/c10-7-5-3-1-2-4-6-8(11,12)9(13,14)15/h11-15H,1-7,10H2. The highest BCUT2D eigenvalue weighted by Crippen LogP contribution is 2.21. The Bertz CT molecular complexity index is 166. The summed E-state index contributed by atoms with van der Waals surface area (Å²) in [6.45, 7) is 0.636. The second-order valence-corrected chi connectivity index (χ2v) is 3.76. The molecule has 0 aliphatic carbocycles. The van der Waals surface area contributed by atoms with E-state index in [-0.39, 0.29) is 6.42 Å². The SMILES string of the molecule is NCCCCCCCC(O)(O)C(O)(O)O. The van der Waals surface area contributed by atoms with Gasteiger partial charge in [-0.2, -0.15) is 0 Å². The summed E-state index contributed by atoms with van der Waals surface area (Å²) < 4.78 is 0. The van der Waals surface area contributed by atoms with E-state index in [1.54, 1.807) is 0 Å². The van der Waals surface area contributed by atoms with Crippen LogP contribution in [0.2, 0.25) is 0 Å². The van der Waals surface area contributed by atoms with Crippen molar-refractivity contribution in [1.29, 1.82) is 0 Å². The highest BCUT2D eigenvalue weighted by atomic mass is 16.7. The summed E-state index contributed by atoms with van der Waals surface area (Å²) in [6.07, 6.45) is 3.60. The van der Waals surface area contributed by atoms with Crippen molar-refractivity contribution in [2.75, 3.05) is 6.54 Å². The van der Waals surface area contributed by atoms with E-state index in [0.717, 1.165) is 25.7 Å². The summed E-state index contributed by atoms with van der Waals surface area (Å²) in [5.41, 5.74) is 5.29. The Morgan fingerprint density at radius 2 is 1.20 bits per heavy atom. The third-order valence-corrected chi connectivity index (χ3v) is 2.27. The molecule has 0 fully saturated rings. The summed E-state index contributed by atoms with van der Waals surface area (Å²) in [5, 5.41) is 43.8. The normalized spacial score (nSPS) is 13.2. The average molecular weight is 223 g/mol. The minimum Gasteiger partial charge on any atom is -0.359 e. The van der Waals surface area contributed by atoms with Gasteiger partial charge in [0.25, 0.3) is 0 Å². The van der Waals surface area contributed by atoms with Crippen molar-refractivity contribution in [3.8, 4) is 0 Å². The molecule has 0 aliphatic heterocycles. The topological polar surface area (TPSA) is 127 Å². The van der Waals surface area contributed by atoms with Gasteiger partial charge in [0.05, 0.1) is 0 Å². The van der Waals surface area contributed by atoms with Gasteiger partial charge in [-0.3, -0.25) is 0 Å². The van der Waals surface area contributed by atoms with Crippen LogP contribution in [0.5, 0.6) is 0 Å². The molecular formula is C9H21NO5. The van der Waals surface area contributed by atoms with Gasteiger partial charge in [0, 0.05) is 6.42 Å². The minimum atomic E-state index is -3.47. The maximum atomic E-state index is 9.04. The van der Waals surface area contributed by atoms with Crippen molar-refractivity contribution >= 4 is 0 Å². The van der Waals surface area contributed by atoms with E-state index in [1.807, 2.05) is 0 Å². The maximum Gasteiger partial charge on any atom is 0.332 e. The van der Waals surface area contributed by atoms with Crippen molar-refractivity contribution in [2.45, 2.75) is 50.3 Å². The van der Waals surface area contributed by atoms with Gasteiger partial charge in [-0.15, -0.1) is 0 Å². The van der Waals surface area contributed by atoms with E-state index in [2.05, 4.69) is 0 Å². The molecule has 15 heavy (non-hydrogen) atoms. The fourth-order valence-corrected chi connectivity index (χ4v) is 1.21. The number of aliphatic hydroxyl groups is 5. The van der Waals surface area contributed by atoms with Crippen molar-refractivity contribution in [3.05, 3.63) is 0 Å². The Labute approximate surface area is 89.0 Å². The molecule has 0 bridgehead atoms. The van der Waals surface area contributed by atoms with Crippen LogP contribution in [0.3, 0.4) is 0 Å². The minimum absolute atomic E-state index is 0.293. The molecule has 0 heterocycles. The van der Waals surface area contributed by atoms with E-state index in [9.17, 15) is 0 Å². The first-order valence-electron chi connectivity index (χ1n) is 5.13. The van der Waals surface area contributed by atoms with Gasteiger partial charge in [-0.05, 0) is 19.4 Å². The Morgan fingerprint density at radius 3 is 1.67 bits per heavy atom. The highest BCUT2D eigenvalue weighted by Gasteiger charge is 2.45. The first-order valence-corrected chi connectivity index (χ1v) is 5.13. The van der Waals surface area contributed by atoms with Crippen LogP contribution in [-0.4, -0.2) is 43.8 Å². The molecule has 0 unspecified atom stereocenters. The summed E-state index contributed by atoms with van der Waals surface area (Å²) in [5.74, 6) is -6.34. The number of hydrogen-bond donors (Lipinski definition) is 6. The van der Waals surface area contributed by atoms with Crippen LogP contribution in [0.15, 0.2) is 0 Å². The predicted molar refractivity (Wildman–Crippen MR) is 53.3 cm³/mol. The lowest BCUT2D eigenvalue weighted by Crippen LogP contribution is -2.54. The molecule has 0 amide bonds. The quantitative estimate of drug-likeness (QED) is 0.222. The van der Waals surface area contributed by atoms with E-state index in [0.29, 0.717) is 13.0 Å². The molecule has 0 rings (SSSR count). The fourth-order valence-electron chi connectivity index (χ4n) is 1.21. The first kappa shape index (κ1) is 14.8. The lowest BCUT2D eigenvalue weighted by Gasteiger charge is -2.29. The molecule has 92 valence electrons. The van der Waals surface area contributed by atoms with Crippen LogP contribution in [0, 0.1) is 0 Å². The molecule has 0 atom stereocenters. The highest BCUT2D eigenvalue weighted by molar-refractivity contribution is 4.72. The summed E-state index contributed by atoms with van der Waals surface area (Å²) in [6, 6.07) is 0. The molecule has 6 nitrogen and oxygen atoms in total. The second-order valence-electron chi connectivity index (χ2n) is 3.76. The first-order chi connectivity index (χ1) is 6.81. The number of nitrogens with two attached hydrogens (primary N) is 1. The molecule has 6 heteroatoms. The summed E-state index contributed by atoms with van der Waals surface area (Å²) in [7, 11) is 0. The monoisotopic (exact) mass is 223 g/mol. The van der Waals surface area contributed by atoms with Crippen molar-refractivity contribution in [1.82, 2.24) is 0 Å². The van der Waals surface area contributed by atoms with Crippen LogP contribution in [0.25, 0.3) is 0 Å². The van der Waals surface area contributed by atoms with Crippen LogP contribution >= 0.6 is 0 Å². The van der Waals surface area contributed by atoms with E-state index in [4.69, 9.17) is 31.3 Å². The molecular weight excluding hydrogens is 202 g/mol. The van der Waals surface area contributed by atoms with Crippen LogP contribution < -0.4 is 5.73 Å². The molecule has 0 spiro atoms. The Hall–Kier alpha value is -0.240. The van der Waals surface area contributed by atoms with E-state index in [1.165, 1.54) is 0 Å². The number of unbranched alkanes of at least 4 members (excludes halogenated alkanes) is 4. The van der Waals surface area contributed by atoms with Crippen LogP contribution in [0.1, 0.15) is 38.5 Å². The second kappa shape index (κ2) is 6.37. The lowest BCUT2D eigenvalue weighted by molar-refractivity contribution is -0.447. The lowest BCUT2D eigenvalue weighted by atomic mass is 10.0. The van der Waals surface area contributed by atoms with Gasteiger partial charge in [-0.1, -0.05) is 19.3 Å². The Balaban J connectivity index is 3.58. The number of hydrogen-bond acceptors (Lipinski definition) is 6. The van der Waals surface area contributed by atoms with E-state index < -0.39 is 11.8 Å². The molecule has 0 saturated heterocycles. The summed E-state index contributed by atoms with van der Waals surface area (Å²) >= 11 is 0. The van der Waals surface area contributed by atoms with E-state index >= 15 is 0 Å². The van der Waals surface area contributed by atoms with Crippen LogP contribution in [0.4, 0.5) is 0 Å².